The molecule has 114 valence electrons. The molecule has 0 saturated heterocycles. The molecule has 0 bridgehead atoms. The molecule has 0 spiro atoms. The van der Waals surface area contributed by atoms with Gasteiger partial charge in [0.2, 0.25) is 0 Å². The van der Waals surface area contributed by atoms with Crippen molar-refractivity contribution < 1.29 is 14.1 Å². The van der Waals surface area contributed by atoms with Gasteiger partial charge in [-0.05, 0) is 18.6 Å². The summed E-state index contributed by atoms with van der Waals surface area (Å²) in [6, 6.07) is 7.47. The van der Waals surface area contributed by atoms with Crippen LogP contribution in [0.25, 0.3) is 0 Å². The molecule has 0 radical (unpaired) electrons. The van der Waals surface area contributed by atoms with Crippen LogP contribution in [0.2, 0.25) is 5.02 Å². The van der Waals surface area contributed by atoms with Crippen molar-refractivity contribution in [2.75, 3.05) is 26.0 Å². The van der Waals surface area contributed by atoms with Crippen LogP contribution in [0.4, 0.5) is 0 Å². The van der Waals surface area contributed by atoms with Crippen LogP contribution in [0.1, 0.15) is 12.5 Å². The molecule has 6 heteroatoms. The minimum Gasteiger partial charge on any atom is -0.389 e. The maximum atomic E-state index is 11.2. The highest BCUT2D eigenvalue weighted by Crippen LogP contribution is 2.15. The van der Waals surface area contributed by atoms with E-state index in [1.807, 2.05) is 31.2 Å². The average Bonchev–Trinajstić information content (AvgIpc) is 2.40. The third-order valence-electron chi connectivity index (χ3n) is 2.90. The van der Waals surface area contributed by atoms with Crippen LogP contribution in [0, 0.1) is 0 Å². The predicted octanol–water partition coefficient (Wildman–Crippen LogP) is 1.57. The lowest BCUT2D eigenvalue weighted by Gasteiger charge is -2.14. The van der Waals surface area contributed by atoms with E-state index in [4.69, 9.17) is 16.3 Å². The van der Waals surface area contributed by atoms with Crippen LogP contribution in [0.5, 0.6) is 0 Å². The van der Waals surface area contributed by atoms with Gasteiger partial charge in [-0.25, -0.2) is 0 Å². The molecule has 0 aliphatic rings. The fraction of sp³-hybridized carbons (Fsp3) is 0.571. The van der Waals surface area contributed by atoms with Gasteiger partial charge in [-0.15, -0.1) is 0 Å². The fourth-order valence-corrected chi connectivity index (χ4v) is 2.09. The highest BCUT2D eigenvalue weighted by molar-refractivity contribution is 7.84. The molecule has 0 aromatic heterocycles. The van der Waals surface area contributed by atoms with E-state index >= 15 is 0 Å². The van der Waals surface area contributed by atoms with E-state index in [1.165, 1.54) is 0 Å². The van der Waals surface area contributed by atoms with Gasteiger partial charge in [-0.3, -0.25) is 4.21 Å². The highest BCUT2D eigenvalue weighted by Gasteiger charge is 2.08. The molecular formula is C14H22ClNO3S. The van der Waals surface area contributed by atoms with Gasteiger partial charge < -0.3 is 15.2 Å². The number of hydrogen-bond donors (Lipinski definition) is 2. The van der Waals surface area contributed by atoms with E-state index in [-0.39, 0.29) is 11.9 Å². The molecule has 0 saturated carbocycles. The van der Waals surface area contributed by atoms with Crippen molar-refractivity contribution in [3.8, 4) is 0 Å². The summed E-state index contributed by atoms with van der Waals surface area (Å²) < 4.78 is 16.6. The number of hydrogen-bond acceptors (Lipinski definition) is 4. The zero-order valence-corrected chi connectivity index (χ0v) is 13.4. The second-order valence-corrected chi connectivity index (χ2v) is 6.94. The fourth-order valence-electron chi connectivity index (χ4n) is 1.55. The number of halogens is 1. The topological polar surface area (TPSA) is 58.6 Å². The molecule has 1 rings (SSSR count). The zero-order valence-electron chi connectivity index (χ0n) is 11.8. The second kappa shape index (κ2) is 9.47. The maximum Gasteiger partial charge on any atom is 0.0897 e. The van der Waals surface area contributed by atoms with E-state index in [1.54, 1.807) is 6.26 Å². The minimum atomic E-state index is -0.848. The first-order valence-corrected chi connectivity index (χ1v) is 8.52. The summed E-state index contributed by atoms with van der Waals surface area (Å²) in [6.45, 7) is 3.56. The van der Waals surface area contributed by atoms with E-state index in [9.17, 15) is 9.32 Å². The number of benzene rings is 1. The van der Waals surface area contributed by atoms with Crippen molar-refractivity contribution in [2.24, 2.45) is 0 Å². The SMILES string of the molecule is CC(CNCC(O)COCc1ccccc1Cl)S(C)=O. The second-order valence-electron chi connectivity index (χ2n) is 4.73. The van der Waals surface area contributed by atoms with E-state index in [2.05, 4.69) is 5.32 Å². The van der Waals surface area contributed by atoms with Crippen LogP contribution in [-0.4, -0.2) is 46.6 Å². The van der Waals surface area contributed by atoms with E-state index in [0.717, 1.165) is 5.56 Å². The van der Waals surface area contributed by atoms with Crippen LogP contribution in [0.15, 0.2) is 24.3 Å². The van der Waals surface area contributed by atoms with Gasteiger partial charge in [-0.2, -0.15) is 0 Å². The Morgan fingerprint density at radius 1 is 1.40 bits per heavy atom. The molecule has 3 unspecified atom stereocenters. The van der Waals surface area contributed by atoms with Crippen LogP contribution in [-0.2, 0) is 22.1 Å². The Bertz CT molecular complexity index is 431. The minimum absolute atomic E-state index is 0.0752. The lowest BCUT2D eigenvalue weighted by Crippen LogP contribution is -2.35. The summed E-state index contributed by atoms with van der Waals surface area (Å²) in [7, 11) is -0.848. The summed E-state index contributed by atoms with van der Waals surface area (Å²) >= 11 is 6.00. The van der Waals surface area contributed by atoms with Gasteiger partial charge in [0.05, 0.1) is 19.3 Å². The molecule has 1 aromatic carbocycles. The molecule has 3 atom stereocenters. The number of aliphatic hydroxyl groups is 1. The normalized spacial score (nSPS) is 15.8. The van der Waals surface area contributed by atoms with Crippen LogP contribution >= 0.6 is 11.6 Å². The lowest BCUT2D eigenvalue weighted by atomic mass is 10.2. The summed E-state index contributed by atoms with van der Waals surface area (Å²) in [5.74, 6) is 0. The number of nitrogens with one attached hydrogen (secondary N) is 1. The number of aliphatic hydroxyl groups excluding tert-OH is 1. The van der Waals surface area contributed by atoms with Gasteiger partial charge >= 0.3 is 0 Å². The van der Waals surface area contributed by atoms with Gasteiger partial charge in [0.15, 0.2) is 0 Å². The standard InChI is InChI=1S/C14H22ClNO3S/c1-11(20(2)18)7-16-8-13(17)10-19-9-12-5-3-4-6-14(12)15/h3-6,11,13,16-17H,7-10H2,1-2H3. The van der Waals surface area contributed by atoms with Crippen molar-refractivity contribution in [2.45, 2.75) is 24.9 Å². The van der Waals surface area contributed by atoms with E-state index < -0.39 is 16.9 Å². The molecule has 4 nitrogen and oxygen atoms in total. The van der Waals surface area contributed by atoms with Crippen molar-refractivity contribution in [3.63, 3.8) is 0 Å². The first-order valence-electron chi connectivity index (χ1n) is 6.53. The Morgan fingerprint density at radius 2 is 2.10 bits per heavy atom. The molecule has 2 N–H and O–H groups in total. The van der Waals surface area contributed by atoms with Gasteiger partial charge in [0.25, 0.3) is 0 Å². The van der Waals surface area contributed by atoms with Crippen molar-refractivity contribution in [3.05, 3.63) is 34.9 Å². The maximum absolute atomic E-state index is 11.2. The van der Waals surface area contributed by atoms with Gasteiger partial charge in [-0.1, -0.05) is 29.8 Å². The molecule has 0 aliphatic heterocycles. The third kappa shape index (κ3) is 6.81. The Balaban J connectivity index is 2.16. The molecule has 1 aromatic rings. The first kappa shape index (κ1) is 17.6. The number of ether oxygens (including phenoxy) is 1. The monoisotopic (exact) mass is 319 g/mol. The molecule has 20 heavy (non-hydrogen) atoms. The quantitative estimate of drug-likeness (QED) is 0.725. The summed E-state index contributed by atoms with van der Waals surface area (Å²) in [5, 5.41) is 13.6. The zero-order chi connectivity index (χ0) is 15.0. The van der Waals surface area contributed by atoms with E-state index in [0.29, 0.717) is 24.7 Å². The third-order valence-corrected chi connectivity index (χ3v) is 4.57. The molecule has 0 aliphatic carbocycles. The Kier molecular flexibility index (Phi) is 8.33. The Morgan fingerprint density at radius 3 is 2.75 bits per heavy atom. The van der Waals surface area contributed by atoms with Crippen molar-refractivity contribution >= 4 is 22.4 Å². The predicted molar refractivity (Wildman–Crippen MR) is 83.5 cm³/mol. The smallest absolute Gasteiger partial charge is 0.0897 e. The average molecular weight is 320 g/mol. The largest absolute Gasteiger partial charge is 0.389 e. The van der Waals surface area contributed by atoms with Crippen LogP contribution in [0.3, 0.4) is 0 Å². The Labute approximate surface area is 127 Å². The summed E-state index contributed by atoms with van der Waals surface area (Å²) in [4.78, 5) is 0. The number of rotatable bonds is 9. The van der Waals surface area contributed by atoms with Crippen molar-refractivity contribution in [1.29, 1.82) is 0 Å². The Hall–Kier alpha value is -0.460. The first-order chi connectivity index (χ1) is 9.50. The molecular weight excluding hydrogens is 298 g/mol. The summed E-state index contributed by atoms with van der Waals surface area (Å²) in [6.07, 6.45) is 1.09. The lowest BCUT2D eigenvalue weighted by molar-refractivity contribution is 0.0290. The van der Waals surface area contributed by atoms with Gasteiger partial charge in [0, 0.05) is 40.4 Å². The summed E-state index contributed by atoms with van der Waals surface area (Å²) in [5.41, 5.74) is 0.907. The van der Waals surface area contributed by atoms with Crippen LogP contribution < -0.4 is 5.32 Å². The highest BCUT2D eigenvalue weighted by atomic mass is 35.5. The molecule has 0 heterocycles. The van der Waals surface area contributed by atoms with Crippen molar-refractivity contribution in [1.82, 2.24) is 5.32 Å². The van der Waals surface area contributed by atoms with Gasteiger partial charge in [0.1, 0.15) is 0 Å². The molecule has 0 amide bonds. The molecule has 0 fully saturated rings.